The van der Waals surface area contributed by atoms with Gasteiger partial charge >= 0.3 is 5.97 Å². The van der Waals surface area contributed by atoms with Gasteiger partial charge in [-0.3, -0.25) is 4.79 Å². The standard InChI is InChI=1S/C15H19N3O3S/c1-4-9(2)11(14(20)21)17-13(19)12-10(3)16-15(22-12)18-7-5-6-8-18/h5-9,11H,4H2,1-3H3,(H,17,19)(H,20,21)/t9-,11+/m1/s1. The van der Waals surface area contributed by atoms with Crippen LogP contribution in [0.5, 0.6) is 0 Å². The van der Waals surface area contributed by atoms with Crippen LogP contribution in [0.15, 0.2) is 24.5 Å². The summed E-state index contributed by atoms with van der Waals surface area (Å²) in [5, 5.41) is 12.6. The Morgan fingerprint density at radius 2 is 2.05 bits per heavy atom. The molecule has 0 unspecified atom stereocenters. The molecule has 0 aliphatic rings. The van der Waals surface area contributed by atoms with E-state index in [0.29, 0.717) is 22.1 Å². The summed E-state index contributed by atoms with van der Waals surface area (Å²) in [6, 6.07) is 2.86. The predicted octanol–water partition coefficient (Wildman–Crippen LogP) is 2.47. The lowest BCUT2D eigenvalue weighted by Crippen LogP contribution is -2.44. The molecule has 2 aromatic heterocycles. The first-order valence-corrected chi connectivity index (χ1v) is 7.90. The van der Waals surface area contributed by atoms with Crippen molar-refractivity contribution >= 4 is 23.2 Å². The van der Waals surface area contributed by atoms with Crippen LogP contribution in [0, 0.1) is 12.8 Å². The summed E-state index contributed by atoms with van der Waals surface area (Å²) < 4.78 is 1.82. The minimum Gasteiger partial charge on any atom is -0.480 e. The van der Waals surface area contributed by atoms with Gasteiger partial charge in [0.15, 0.2) is 5.13 Å². The van der Waals surface area contributed by atoms with Crippen molar-refractivity contribution in [3.8, 4) is 5.13 Å². The monoisotopic (exact) mass is 321 g/mol. The first kappa shape index (κ1) is 16.2. The van der Waals surface area contributed by atoms with Gasteiger partial charge in [0.2, 0.25) is 0 Å². The van der Waals surface area contributed by atoms with Gasteiger partial charge in [0, 0.05) is 12.4 Å². The number of carbonyl (C=O) groups is 2. The molecule has 2 atom stereocenters. The number of aliphatic carboxylic acids is 1. The zero-order chi connectivity index (χ0) is 16.3. The Hall–Kier alpha value is -2.15. The van der Waals surface area contributed by atoms with Crippen molar-refractivity contribution in [2.24, 2.45) is 5.92 Å². The number of rotatable bonds is 6. The number of carboxylic acids is 1. The SMILES string of the molecule is CC[C@@H](C)[C@H](NC(=O)c1sc(-n2cccc2)nc1C)C(=O)O. The lowest BCUT2D eigenvalue weighted by molar-refractivity contribution is -0.140. The van der Waals surface area contributed by atoms with Crippen molar-refractivity contribution in [1.29, 1.82) is 0 Å². The van der Waals surface area contributed by atoms with Crippen LogP contribution >= 0.6 is 11.3 Å². The molecule has 0 radical (unpaired) electrons. The normalized spacial score (nSPS) is 13.6. The van der Waals surface area contributed by atoms with Crippen LogP contribution in [0.3, 0.4) is 0 Å². The lowest BCUT2D eigenvalue weighted by Gasteiger charge is -2.19. The Morgan fingerprint density at radius 1 is 1.41 bits per heavy atom. The molecule has 7 heteroatoms. The smallest absolute Gasteiger partial charge is 0.326 e. The van der Waals surface area contributed by atoms with E-state index in [4.69, 9.17) is 0 Å². The van der Waals surface area contributed by atoms with Crippen LogP contribution in [-0.4, -0.2) is 32.6 Å². The number of nitrogens with one attached hydrogen (secondary N) is 1. The Morgan fingerprint density at radius 3 is 2.59 bits per heavy atom. The number of nitrogens with zero attached hydrogens (tertiary/aromatic N) is 2. The van der Waals surface area contributed by atoms with Gasteiger partial charge < -0.3 is 15.0 Å². The maximum absolute atomic E-state index is 12.4. The van der Waals surface area contributed by atoms with Gasteiger partial charge in [0.1, 0.15) is 10.9 Å². The molecule has 118 valence electrons. The number of aryl methyl sites for hydroxylation is 1. The highest BCUT2D eigenvalue weighted by molar-refractivity contribution is 7.16. The number of thiazole rings is 1. The first-order chi connectivity index (χ1) is 10.4. The second-order valence-corrected chi connectivity index (χ2v) is 6.15. The molecule has 0 aromatic carbocycles. The maximum atomic E-state index is 12.4. The third kappa shape index (κ3) is 3.36. The molecule has 1 amide bonds. The number of aromatic nitrogens is 2. The van der Waals surface area contributed by atoms with Crippen molar-refractivity contribution in [1.82, 2.24) is 14.9 Å². The van der Waals surface area contributed by atoms with E-state index in [2.05, 4.69) is 10.3 Å². The van der Waals surface area contributed by atoms with Crippen LogP contribution in [-0.2, 0) is 4.79 Å². The molecule has 2 rings (SSSR count). The molecule has 0 spiro atoms. The molecule has 2 heterocycles. The number of amides is 1. The van der Waals surface area contributed by atoms with Gasteiger partial charge in [-0.1, -0.05) is 31.6 Å². The molecular weight excluding hydrogens is 302 g/mol. The van der Waals surface area contributed by atoms with E-state index in [0.717, 1.165) is 0 Å². The second kappa shape index (κ2) is 6.74. The molecule has 0 fully saturated rings. The summed E-state index contributed by atoms with van der Waals surface area (Å²) in [6.07, 6.45) is 4.37. The van der Waals surface area contributed by atoms with Gasteiger partial charge in [0.25, 0.3) is 5.91 Å². The largest absolute Gasteiger partial charge is 0.480 e. The van der Waals surface area contributed by atoms with Crippen molar-refractivity contribution in [2.45, 2.75) is 33.2 Å². The molecule has 0 saturated carbocycles. The minimum absolute atomic E-state index is 0.140. The average Bonchev–Trinajstić information content (AvgIpc) is 3.12. The van der Waals surface area contributed by atoms with Gasteiger partial charge in [-0.05, 0) is 25.0 Å². The fourth-order valence-corrected chi connectivity index (χ4v) is 2.99. The summed E-state index contributed by atoms with van der Waals surface area (Å²) in [7, 11) is 0. The third-order valence-electron chi connectivity index (χ3n) is 3.58. The van der Waals surface area contributed by atoms with Crippen LogP contribution in [0.4, 0.5) is 0 Å². The van der Waals surface area contributed by atoms with Crippen LogP contribution in [0.2, 0.25) is 0 Å². The number of carbonyl (C=O) groups excluding carboxylic acids is 1. The number of carboxylic acid groups (broad SMARTS) is 1. The Labute approximate surface area is 132 Å². The van der Waals surface area contributed by atoms with E-state index in [-0.39, 0.29) is 11.8 Å². The van der Waals surface area contributed by atoms with E-state index in [9.17, 15) is 14.7 Å². The molecular formula is C15H19N3O3S. The van der Waals surface area contributed by atoms with Crippen LogP contribution in [0.25, 0.3) is 5.13 Å². The van der Waals surface area contributed by atoms with E-state index in [1.54, 1.807) is 6.92 Å². The van der Waals surface area contributed by atoms with Crippen LogP contribution in [0.1, 0.15) is 35.6 Å². The Kier molecular flexibility index (Phi) is 4.97. The minimum atomic E-state index is -1.02. The van der Waals surface area contributed by atoms with Gasteiger partial charge in [-0.2, -0.15) is 0 Å². The maximum Gasteiger partial charge on any atom is 0.326 e. The molecule has 0 aliphatic heterocycles. The molecule has 0 bridgehead atoms. The molecule has 22 heavy (non-hydrogen) atoms. The van der Waals surface area contributed by atoms with Crippen molar-refractivity contribution in [3.05, 3.63) is 35.1 Å². The second-order valence-electron chi connectivity index (χ2n) is 5.18. The van der Waals surface area contributed by atoms with Gasteiger partial charge in [0.05, 0.1) is 5.69 Å². The van der Waals surface area contributed by atoms with Gasteiger partial charge in [-0.15, -0.1) is 0 Å². The van der Waals surface area contributed by atoms with E-state index in [1.165, 1.54) is 11.3 Å². The number of hydrogen-bond donors (Lipinski definition) is 2. The highest BCUT2D eigenvalue weighted by Crippen LogP contribution is 2.22. The van der Waals surface area contributed by atoms with Crippen molar-refractivity contribution in [3.63, 3.8) is 0 Å². The Balaban J connectivity index is 2.21. The molecule has 0 saturated heterocycles. The summed E-state index contributed by atoms with van der Waals surface area (Å²) in [5.74, 6) is -1.55. The fourth-order valence-electron chi connectivity index (χ4n) is 2.06. The summed E-state index contributed by atoms with van der Waals surface area (Å²) in [6.45, 7) is 5.45. The highest BCUT2D eigenvalue weighted by atomic mass is 32.1. The van der Waals surface area contributed by atoms with E-state index < -0.39 is 12.0 Å². The van der Waals surface area contributed by atoms with E-state index in [1.807, 2.05) is 42.9 Å². The summed E-state index contributed by atoms with van der Waals surface area (Å²) in [4.78, 5) is 28.5. The van der Waals surface area contributed by atoms with Crippen LogP contribution < -0.4 is 5.32 Å². The third-order valence-corrected chi connectivity index (χ3v) is 4.75. The molecule has 0 aliphatic carbocycles. The topological polar surface area (TPSA) is 84.2 Å². The summed E-state index contributed by atoms with van der Waals surface area (Å²) in [5.41, 5.74) is 0.597. The quantitative estimate of drug-likeness (QED) is 0.856. The molecule has 2 N–H and O–H groups in total. The van der Waals surface area contributed by atoms with E-state index >= 15 is 0 Å². The van der Waals surface area contributed by atoms with Crippen molar-refractivity contribution in [2.75, 3.05) is 0 Å². The first-order valence-electron chi connectivity index (χ1n) is 7.08. The number of hydrogen-bond acceptors (Lipinski definition) is 4. The highest BCUT2D eigenvalue weighted by Gasteiger charge is 2.27. The lowest BCUT2D eigenvalue weighted by atomic mass is 9.99. The fraction of sp³-hybridized carbons (Fsp3) is 0.400. The summed E-state index contributed by atoms with van der Waals surface area (Å²) >= 11 is 1.25. The Bertz CT molecular complexity index is 664. The molecule has 6 nitrogen and oxygen atoms in total. The van der Waals surface area contributed by atoms with Gasteiger partial charge in [-0.25, -0.2) is 9.78 Å². The average molecular weight is 321 g/mol. The predicted molar refractivity (Wildman–Crippen MR) is 84.5 cm³/mol. The molecule has 2 aromatic rings. The zero-order valence-electron chi connectivity index (χ0n) is 12.7. The zero-order valence-corrected chi connectivity index (χ0v) is 13.6. The van der Waals surface area contributed by atoms with Crippen molar-refractivity contribution < 1.29 is 14.7 Å².